The normalized spacial score (nSPS) is 12.9. The van der Waals surface area contributed by atoms with Gasteiger partial charge in [0.05, 0.1) is 5.16 Å². The summed E-state index contributed by atoms with van der Waals surface area (Å²) in [4.78, 5) is 18.5. The second-order valence-corrected chi connectivity index (χ2v) is 5.34. The van der Waals surface area contributed by atoms with E-state index in [0.29, 0.717) is 25.7 Å². The third-order valence-electron chi connectivity index (χ3n) is 2.75. The van der Waals surface area contributed by atoms with Crippen molar-refractivity contribution in [2.75, 3.05) is 0 Å². The van der Waals surface area contributed by atoms with E-state index in [1.165, 1.54) is 0 Å². The van der Waals surface area contributed by atoms with Gasteiger partial charge in [-0.3, -0.25) is 4.57 Å². The molecule has 0 aromatic rings. The van der Waals surface area contributed by atoms with Gasteiger partial charge in [0, 0.05) is 0 Å². The topological polar surface area (TPSA) is 57.5 Å². The van der Waals surface area contributed by atoms with Crippen LogP contribution in [0, 0.1) is 0 Å². The van der Waals surface area contributed by atoms with E-state index in [1.54, 1.807) is 6.08 Å². The Labute approximate surface area is 80.0 Å². The van der Waals surface area contributed by atoms with Gasteiger partial charge >= 0.3 is 7.60 Å². The molecule has 0 unspecified atom stereocenters. The van der Waals surface area contributed by atoms with Crippen LogP contribution >= 0.6 is 7.60 Å². The predicted molar refractivity (Wildman–Crippen MR) is 54.8 cm³/mol. The Bertz CT molecular complexity index is 203. The molecule has 0 radical (unpaired) electrons. The highest BCUT2D eigenvalue weighted by Crippen LogP contribution is 2.56. The lowest BCUT2D eigenvalue weighted by Gasteiger charge is -2.31. The molecule has 0 saturated heterocycles. The average molecular weight is 206 g/mol. The fraction of sp³-hybridized carbons (Fsp3) is 0.778. The van der Waals surface area contributed by atoms with Crippen LogP contribution in [0.15, 0.2) is 12.7 Å². The zero-order chi connectivity index (χ0) is 10.5. The fourth-order valence-electron chi connectivity index (χ4n) is 1.53. The molecule has 0 bridgehead atoms. The lowest BCUT2D eigenvalue weighted by atomic mass is 9.96. The molecule has 2 N–H and O–H groups in total. The van der Waals surface area contributed by atoms with E-state index in [-0.39, 0.29) is 0 Å². The van der Waals surface area contributed by atoms with Gasteiger partial charge in [-0.1, -0.05) is 19.9 Å². The first-order chi connectivity index (χ1) is 5.93. The average Bonchev–Trinajstić information content (AvgIpc) is 2.05. The highest BCUT2D eigenvalue weighted by molar-refractivity contribution is 7.53. The molecule has 0 aliphatic carbocycles. The van der Waals surface area contributed by atoms with Crippen molar-refractivity contribution in [2.24, 2.45) is 0 Å². The SMILES string of the molecule is C=CCCC(CC)(CC)P(=O)(O)O. The molecule has 78 valence electrons. The van der Waals surface area contributed by atoms with E-state index < -0.39 is 12.8 Å². The molecule has 3 nitrogen and oxygen atoms in total. The lowest BCUT2D eigenvalue weighted by molar-refractivity contribution is 0.305. The standard InChI is InChI=1S/C9H19O3P/c1-4-7-8-9(5-2,6-3)13(10,11)12/h4H,1,5-8H2,2-3H3,(H2,10,11,12). The molecule has 0 aromatic heterocycles. The van der Waals surface area contributed by atoms with E-state index in [4.69, 9.17) is 0 Å². The monoisotopic (exact) mass is 206 g/mol. The Balaban J connectivity index is 4.70. The molecule has 0 heterocycles. The summed E-state index contributed by atoms with van der Waals surface area (Å²) in [6, 6.07) is 0. The van der Waals surface area contributed by atoms with Crippen LogP contribution < -0.4 is 0 Å². The summed E-state index contributed by atoms with van der Waals surface area (Å²) < 4.78 is 11.3. The largest absolute Gasteiger partial charge is 0.331 e. The molecule has 13 heavy (non-hydrogen) atoms. The molecule has 0 aliphatic heterocycles. The summed E-state index contributed by atoms with van der Waals surface area (Å²) >= 11 is 0. The van der Waals surface area contributed by atoms with Crippen molar-refractivity contribution >= 4 is 7.60 Å². The number of allylic oxidation sites excluding steroid dienone is 1. The van der Waals surface area contributed by atoms with Gasteiger partial charge in [-0.2, -0.15) is 0 Å². The summed E-state index contributed by atoms with van der Waals surface area (Å²) in [6.07, 6.45) is 3.92. The lowest BCUT2D eigenvalue weighted by Crippen LogP contribution is -2.26. The smallest absolute Gasteiger partial charge is 0.324 e. The van der Waals surface area contributed by atoms with Crippen LogP contribution in [0.1, 0.15) is 39.5 Å². The first-order valence-corrected chi connectivity index (χ1v) is 6.21. The number of hydrogen-bond acceptors (Lipinski definition) is 1. The maximum absolute atomic E-state index is 11.3. The van der Waals surface area contributed by atoms with Gasteiger partial charge in [0.25, 0.3) is 0 Å². The van der Waals surface area contributed by atoms with Gasteiger partial charge in [0.15, 0.2) is 0 Å². The van der Waals surface area contributed by atoms with Gasteiger partial charge in [0.1, 0.15) is 0 Å². The third kappa shape index (κ3) is 2.94. The Morgan fingerprint density at radius 2 is 1.85 bits per heavy atom. The van der Waals surface area contributed by atoms with E-state index in [9.17, 15) is 14.4 Å². The molecule has 0 aromatic carbocycles. The first kappa shape index (κ1) is 12.9. The van der Waals surface area contributed by atoms with E-state index in [1.807, 2.05) is 13.8 Å². The minimum atomic E-state index is -3.98. The van der Waals surface area contributed by atoms with E-state index in [0.717, 1.165) is 0 Å². The van der Waals surface area contributed by atoms with E-state index in [2.05, 4.69) is 6.58 Å². The number of hydrogen-bond donors (Lipinski definition) is 2. The van der Waals surface area contributed by atoms with Crippen LogP contribution in [0.25, 0.3) is 0 Å². The van der Waals surface area contributed by atoms with Crippen molar-refractivity contribution in [3.8, 4) is 0 Å². The zero-order valence-electron chi connectivity index (χ0n) is 8.36. The summed E-state index contributed by atoms with van der Waals surface area (Å²) in [5.74, 6) is 0. The van der Waals surface area contributed by atoms with Crippen molar-refractivity contribution < 1.29 is 14.4 Å². The molecule has 0 aliphatic rings. The van der Waals surface area contributed by atoms with Crippen LogP contribution in [-0.4, -0.2) is 14.9 Å². The van der Waals surface area contributed by atoms with Crippen LogP contribution in [0.2, 0.25) is 0 Å². The van der Waals surface area contributed by atoms with Crippen LogP contribution in [0.4, 0.5) is 0 Å². The van der Waals surface area contributed by atoms with Crippen molar-refractivity contribution in [3.05, 3.63) is 12.7 Å². The van der Waals surface area contributed by atoms with Crippen molar-refractivity contribution in [1.82, 2.24) is 0 Å². The minimum Gasteiger partial charge on any atom is -0.324 e. The predicted octanol–water partition coefficient (Wildman–Crippen LogP) is 2.69. The molecule has 0 atom stereocenters. The summed E-state index contributed by atoms with van der Waals surface area (Å²) in [5.41, 5.74) is 0. The molecule has 0 spiro atoms. The molecule has 0 amide bonds. The van der Waals surface area contributed by atoms with Gasteiger partial charge < -0.3 is 9.79 Å². The maximum atomic E-state index is 11.3. The highest BCUT2D eigenvalue weighted by Gasteiger charge is 2.42. The molecular formula is C9H19O3P. The number of rotatable bonds is 6. The van der Waals surface area contributed by atoms with Crippen LogP contribution in [0.3, 0.4) is 0 Å². The Morgan fingerprint density at radius 1 is 1.38 bits per heavy atom. The summed E-state index contributed by atoms with van der Waals surface area (Å²) in [6.45, 7) is 7.21. The maximum Gasteiger partial charge on any atom is 0.331 e. The van der Waals surface area contributed by atoms with Crippen LogP contribution in [0.5, 0.6) is 0 Å². The second-order valence-electron chi connectivity index (χ2n) is 3.30. The highest BCUT2D eigenvalue weighted by atomic mass is 31.2. The first-order valence-electron chi connectivity index (χ1n) is 4.60. The van der Waals surface area contributed by atoms with Crippen molar-refractivity contribution in [2.45, 2.75) is 44.7 Å². The van der Waals surface area contributed by atoms with Crippen LogP contribution in [-0.2, 0) is 4.57 Å². The Morgan fingerprint density at radius 3 is 2.08 bits per heavy atom. The fourth-order valence-corrected chi connectivity index (χ4v) is 2.78. The molecule has 0 rings (SSSR count). The zero-order valence-corrected chi connectivity index (χ0v) is 9.26. The molecule has 0 saturated carbocycles. The van der Waals surface area contributed by atoms with Gasteiger partial charge in [-0.15, -0.1) is 6.58 Å². The Hall–Kier alpha value is -0.110. The second kappa shape index (κ2) is 4.94. The molecule has 4 heteroatoms. The van der Waals surface area contributed by atoms with Crippen molar-refractivity contribution in [3.63, 3.8) is 0 Å². The summed E-state index contributed by atoms with van der Waals surface area (Å²) in [7, 11) is -3.98. The van der Waals surface area contributed by atoms with Gasteiger partial charge in [0.2, 0.25) is 0 Å². The third-order valence-corrected chi connectivity index (χ3v) is 4.84. The van der Waals surface area contributed by atoms with E-state index >= 15 is 0 Å². The molecule has 0 fully saturated rings. The van der Waals surface area contributed by atoms with Gasteiger partial charge in [-0.05, 0) is 25.7 Å². The quantitative estimate of drug-likeness (QED) is 0.519. The Kier molecular flexibility index (Phi) is 4.90. The van der Waals surface area contributed by atoms with Crippen molar-refractivity contribution in [1.29, 1.82) is 0 Å². The van der Waals surface area contributed by atoms with Gasteiger partial charge in [-0.25, -0.2) is 0 Å². The minimum absolute atomic E-state index is 0.515. The molecular weight excluding hydrogens is 187 g/mol. The summed E-state index contributed by atoms with van der Waals surface area (Å²) in [5, 5.41) is -0.832.